The molecule has 0 fully saturated rings. The van der Waals surface area contributed by atoms with E-state index in [1.54, 1.807) is 18.2 Å². The van der Waals surface area contributed by atoms with Crippen molar-refractivity contribution in [2.45, 2.75) is 38.0 Å². The molecule has 0 aromatic heterocycles. The Balaban J connectivity index is 1.95. The third kappa shape index (κ3) is 3.08. The molecule has 1 unspecified atom stereocenters. The normalized spacial score (nSPS) is 17.8. The van der Waals surface area contributed by atoms with Crippen LogP contribution in [0.5, 0.6) is 11.5 Å². The van der Waals surface area contributed by atoms with E-state index in [9.17, 15) is 14.6 Å². The molecule has 0 spiro atoms. The van der Waals surface area contributed by atoms with Crippen molar-refractivity contribution in [2.75, 3.05) is 6.67 Å². The van der Waals surface area contributed by atoms with Gasteiger partial charge in [-0.3, -0.25) is 4.39 Å². The Labute approximate surface area is 130 Å². The highest BCUT2D eigenvalue weighted by Gasteiger charge is 2.21. The van der Waals surface area contributed by atoms with Gasteiger partial charge in [-0.25, -0.2) is 0 Å². The van der Waals surface area contributed by atoms with Crippen LogP contribution < -0.4 is 0 Å². The number of benzene rings is 2. The monoisotopic (exact) mass is 300 g/mol. The Hall–Kier alpha value is -2.03. The SMILES string of the molecule is Oc1ccc(C2CCCc3cc(O)cc(CCF)c3C2)cc1. The van der Waals surface area contributed by atoms with Gasteiger partial charge in [0.1, 0.15) is 11.5 Å². The first-order valence-corrected chi connectivity index (χ1v) is 7.86. The Morgan fingerprint density at radius 2 is 1.82 bits per heavy atom. The minimum Gasteiger partial charge on any atom is -0.508 e. The Morgan fingerprint density at radius 1 is 1.05 bits per heavy atom. The lowest BCUT2D eigenvalue weighted by atomic mass is 9.87. The standard InChI is InChI=1S/C19H21FO2/c20-9-8-16-11-18(22)10-15-3-1-2-14(12-19(15)16)13-4-6-17(21)7-5-13/h4-7,10-11,14,21-22H,1-3,8-9,12H2. The minimum absolute atomic E-state index is 0.241. The smallest absolute Gasteiger partial charge is 0.116 e. The van der Waals surface area contributed by atoms with Crippen LogP contribution >= 0.6 is 0 Å². The summed E-state index contributed by atoms with van der Waals surface area (Å²) in [6.45, 7) is -0.403. The molecule has 2 nitrogen and oxygen atoms in total. The summed E-state index contributed by atoms with van der Waals surface area (Å²) in [7, 11) is 0. The third-order valence-corrected chi connectivity index (χ3v) is 4.60. The molecule has 0 amide bonds. The van der Waals surface area contributed by atoms with E-state index in [0.717, 1.165) is 36.8 Å². The fourth-order valence-corrected chi connectivity index (χ4v) is 3.51. The number of rotatable bonds is 3. The van der Waals surface area contributed by atoms with E-state index in [1.165, 1.54) is 11.1 Å². The summed E-state index contributed by atoms with van der Waals surface area (Å²) < 4.78 is 12.8. The number of hydrogen-bond acceptors (Lipinski definition) is 2. The molecule has 0 saturated carbocycles. The summed E-state index contributed by atoms with van der Waals surface area (Å²) in [4.78, 5) is 0. The van der Waals surface area contributed by atoms with E-state index in [1.807, 2.05) is 18.2 Å². The lowest BCUT2D eigenvalue weighted by Crippen LogP contribution is -2.05. The van der Waals surface area contributed by atoms with E-state index in [2.05, 4.69) is 0 Å². The summed E-state index contributed by atoms with van der Waals surface area (Å²) in [5.41, 5.74) is 4.50. The van der Waals surface area contributed by atoms with Crippen molar-refractivity contribution in [3.05, 3.63) is 58.7 Å². The van der Waals surface area contributed by atoms with Crippen LogP contribution in [-0.4, -0.2) is 16.9 Å². The number of fused-ring (bicyclic) bond motifs is 1. The van der Waals surface area contributed by atoms with Crippen LogP contribution in [0.25, 0.3) is 0 Å². The zero-order valence-corrected chi connectivity index (χ0v) is 12.6. The second-order valence-electron chi connectivity index (χ2n) is 6.07. The lowest BCUT2D eigenvalue weighted by Gasteiger charge is -2.18. The van der Waals surface area contributed by atoms with Crippen molar-refractivity contribution in [3.8, 4) is 11.5 Å². The Morgan fingerprint density at radius 3 is 2.55 bits per heavy atom. The summed E-state index contributed by atoms with van der Waals surface area (Å²) >= 11 is 0. The summed E-state index contributed by atoms with van der Waals surface area (Å²) in [6.07, 6.45) is 4.28. The number of phenols is 2. The highest BCUT2D eigenvalue weighted by Crippen LogP contribution is 2.35. The van der Waals surface area contributed by atoms with Crippen molar-refractivity contribution in [2.24, 2.45) is 0 Å². The average molecular weight is 300 g/mol. The summed E-state index contributed by atoms with van der Waals surface area (Å²) in [6, 6.07) is 10.9. The quantitative estimate of drug-likeness (QED) is 0.831. The highest BCUT2D eigenvalue weighted by atomic mass is 19.1. The number of aromatic hydroxyl groups is 2. The molecule has 3 heteroatoms. The molecule has 2 aromatic rings. The van der Waals surface area contributed by atoms with Crippen molar-refractivity contribution >= 4 is 0 Å². The van der Waals surface area contributed by atoms with Crippen LogP contribution in [0.2, 0.25) is 0 Å². The van der Waals surface area contributed by atoms with Crippen LogP contribution in [0.4, 0.5) is 4.39 Å². The molecule has 0 radical (unpaired) electrons. The molecular formula is C19H21FO2. The third-order valence-electron chi connectivity index (χ3n) is 4.60. The molecule has 1 aliphatic rings. The van der Waals surface area contributed by atoms with Crippen LogP contribution in [0.3, 0.4) is 0 Å². The Bertz CT molecular complexity index is 649. The van der Waals surface area contributed by atoms with Gasteiger partial charge in [0.05, 0.1) is 6.67 Å². The predicted molar refractivity (Wildman–Crippen MR) is 85.3 cm³/mol. The van der Waals surface area contributed by atoms with Gasteiger partial charge in [-0.15, -0.1) is 0 Å². The molecule has 0 heterocycles. The van der Waals surface area contributed by atoms with Gasteiger partial charge in [0.2, 0.25) is 0 Å². The van der Waals surface area contributed by atoms with Crippen molar-refractivity contribution in [1.29, 1.82) is 0 Å². The number of phenolic OH excluding ortho intramolecular Hbond substituents is 2. The molecule has 2 N–H and O–H groups in total. The van der Waals surface area contributed by atoms with Crippen LogP contribution in [0.15, 0.2) is 36.4 Å². The van der Waals surface area contributed by atoms with E-state index >= 15 is 0 Å². The summed E-state index contributed by atoms with van der Waals surface area (Å²) in [5, 5.41) is 19.3. The van der Waals surface area contributed by atoms with Crippen molar-refractivity contribution < 1.29 is 14.6 Å². The van der Waals surface area contributed by atoms with E-state index in [-0.39, 0.29) is 11.5 Å². The number of alkyl halides is 1. The molecule has 2 aromatic carbocycles. The maximum Gasteiger partial charge on any atom is 0.116 e. The predicted octanol–water partition coefficient (Wildman–Crippen LogP) is 4.27. The van der Waals surface area contributed by atoms with E-state index in [4.69, 9.17) is 0 Å². The van der Waals surface area contributed by atoms with Gasteiger partial charge >= 0.3 is 0 Å². The zero-order valence-electron chi connectivity index (χ0n) is 12.6. The first kappa shape index (κ1) is 14.9. The summed E-state index contributed by atoms with van der Waals surface area (Å²) in [5.74, 6) is 0.899. The van der Waals surface area contributed by atoms with Gasteiger partial charge in [0.15, 0.2) is 0 Å². The first-order valence-electron chi connectivity index (χ1n) is 7.86. The molecule has 22 heavy (non-hydrogen) atoms. The number of halogens is 1. The van der Waals surface area contributed by atoms with E-state index in [0.29, 0.717) is 12.3 Å². The molecule has 116 valence electrons. The first-order chi connectivity index (χ1) is 10.7. The fourth-order valence-electron chi connectivity index (χ4n) is 3.51. The average Bonchev–Trinajstić information content (AvgIpc) is 2.71. The Kier molecular flexibility index (Phi) is 4.32. The van der Waals surface area contributed by atoms with E-state index < -0.39 is 6.67 Å². The second-order valence-corrected chi connectivity index (χ2v) is 6.07. The highest BCUT2D eigenvalue weighted by molar-refractivity contribution is 5.44. The lowest BCUT2D eigenvalue weighted by molar-refractivity contribution is 0.469. The molecule has 1 aliphatic carbocycles. The van der Waals surface area contributed by atoms with Gasteiger partial charge in [0, 0.05) is 6.42 Å². The second kappa shape index (κ2) is 6.39. The van der Waals surface area contributed by atoms with Gasteiger partial charge in [0.25, 0.3) is 0 Å². The molecule has 0 aliphatic heterocycles. The molecule has 1 atom stereocenters. The van der Waals surface area contributed by atoms with Crippen LogP contribution in [0.1, 0.15) is 41.0 Å². The van der Waals surface area contributed by atoms with Crippen molar-refractivity contribution in [3.63, 3.8) is 0 Å². The molecular weight excluding hydrogens is 279 g/mol. The largest absolute Gasteiger partial charge is 0.508 e. The fraction of sp³-hybridized carbons (Fsp3) is 0.368. The topological polar surface area (TPSA) is 40.5 Å². The van der Waals surface area contributed by atoms with Crippen LogP contribution in [0, 0.1) is 0 Å². The number of hydrogen-bond donors (Lipinski definition) is 2. The molecule has 3 rings (SSSR count). The van der Waals surface area contributed by atoms with Crippen LogP contribution in [-0.2, 0) is 19.3 Å². The minimum atomic E-state index is -0.403. The molecule has 0 bridgehead atoms. The zero-order chi connectivity index (χ0) is 15.5. The maximum atomic E-state index is 12.8. The van der Waals surface area contributed by atoms with Gasteiger partial charge in [-0.1, -0.05) is 12.1 Å². The number of aryl methyl sites for hydroxylation is 2. The van der Waals surface area contributed by atoms with Gasteiger partial charge in [-0.05, 0) is 78.1 Å². The van der Waals surface area contributed by atoms with Crippen molar-refractivity contribution in [1.82, 2.24) is 0 Å². The molecule has 0 saturated heterocycles. The maximum absolute atomic E-state index is 12.8. The van der Waals surface area contributed by atoms with Gasteiger partial charge in [-0.2, -0.15) is 0 Å². The van der Waals surface area contributed by atoms with Gasteiger partial charge < -0.3 is 10.2 Å².